The minimum atomic E-state index is -0.711. The lowest BCUT2D eigenvalue weighted by molar-refractivity contribution is -0.138. The van der Waals surface area contributed by atoms with Crippen LogP contribution in [0.25, 0.3) is 0 Å². The van der Waals surface area contributed by atoms with Crippen molar-refractivity contribution in [3.8, 4) is 11.5 Å². The molecule has 0 heterocycles. The second kappa shape index (κ2) is 6.64. The van der Waals surface area contributed by atoms with E-state index in [1.54, 1.807) is 14.2 Å². The normalized spacial score (nSPS) is 22.3. The van der Waals surface area contributed by atoms with Crippen LogP contribution >= 0.6 is 0 Å². The quantitative estimate of drug-likeness (QED) is 0.896. The number of ether oxygens (including phenoxy) is 2. The van der Waals surface area contributed by atoms with Gasteiger partial charge >= 0.3 is 5.97 Å². The Bertz CT molecular complexity index is 447. The molecule has 0 aromatic heterocycles. The number of methoxy groups -OCH3 is 2. The van der Waals surface area contributed by atoms with Crippen LogP contribution in [0.2, 0.25) is 0 Å². The lowest BCUT2D eigenvalue weighted by atomic mass is 9.74. The summed E-state index contributed by atoms with van der Waals surface area (Å²) in [6, 6.07) is 5.86. The second-order valence-electron chi connectivity index (χ2n) is 5.39. The van der Waals surface area contributed by atoms with E-state index in [2.05, 4.69) is 0 Å². The first-order chi connectivity index (χ1) is 9.63. The highest BCUT2D eigenvalue weighted by atomic mass is 16.5. The number of carbonyl (C=O) groups is 1. The third-order valence-corrected chi connectivity index (χ3v) is 4.15. The molecule has 1 saturated carbocycles. The molecule has 20 heavy (non-hydrogen) atoms. The Morgan fingerprint density at radius 1 is 1.15 bits per heavy atom. The maximum Gasteiger partial charge on any atom is 0.303 e. The van der Waals surface area contributed by atoms with E-state index in [1.165, 1.54) is 0 Å². The van der Waals surface area contributed by atoms with Crippen molar-refractivity contribution in [3.05, 3.63) is 23.8 Å². The van der Waals surface area contributed by atoms with Crippen molar-refractivity contribution in [2.45, 2.75) is 38.0 Å². The van der Waals surface area contributed by atoms with E-state index in [9.17, 15) is 4.79 Å². The van der Waals surface area contributed by atoms with E-state index in [0.29, 0.717) is 0 Å². The van der Waals surface area contributed by atoms with E-state index in [4.69, 9.17) is 14.6 Å². The molecule has 1 aliphatic carbocycles. The third kappa shape index (κ3) is 3.44. The van der Waals surface area contributed by atoms with Crippen molar-refractivity contribution < 1.29 is 19.4 Å². The average molecular weight is 278 g/mol. The zero-order chi connectivity index (χ0) is 14.5. The molecular weight excluding hydrogens is 256 g/mol. The second-order valence-corrected chi connectivity index (χ2v) is 5.39. The molecule has 0 unspecified atom stereocenters. The highest BCUT2D eigenvalue weighted by Gasteiger charge is 2.28. The molecule has 1 N–H and O–H groups in total. The summed E-state index contributed by atoms with van der Waals surface area (Å²) >= 11 is 0. The van der Waals surface area contributed by atoms with Crippen LogP contribution in [-0.4, -0.2) is 25.3 Å². The minimum Gasteiger partial charge on any atom is -0.497 e. The Labute approximate surface area is 119 Å². The summed E-state index contributed by atoms with van der Waals surface area (Å²) in [5.41, 5.74) is 1.13. The summed E-state index contributed by atoms with van der Waals surface area (Å²) in [7, 11) is 3.27. The molecule has 1 aliphatic rings. The number of carboxylic acid groups (broad SMARTS) is 1. The van der Waals surface area contributed by atoms with E-state index in [0.717, 1.165) is 42.7 Å². The topological polar surface area (TPSA) is 55.8 Å². The van der Waals surface area contributed by atoms with E-state index < -0.39 is 5.97 Å². The Morgan fingerprint density at radius 3 is 2.30 bits per heavy atom. The van der Waals surface area contributed by atoms with Gasteiger partial charge in [0.25, 0.3) is 0 Å². The van der Waals surface area contributed by atoms with Gasteiger partial charge in [-0.3, -0.25) is 4.79 Å². The van der Waals surface area contributed by atoms with Gasteiger partial charge in [-0.15, -0.1) is 0 Å². The van der Waals surface area contributed by atoms with Crippen LogP contribution in [0.5, 0.6) is 11.5 Å². The van der Waals surface area contributed by atoms with E-state index >= 15 is 0 Å². The van der Waals surface area contributed by atoms with Crippen LogP contribution in [0.3, 0.4) is 0 Å². The van der Waals surface area contributed by atoms with Crippen molar-refractivity contribution in [2.24, 2.45) is 5.92 Å². The van der Waals surface area contributed by atoms with E-state index in [1.807, 2.05) is 18.2 Å². The van der Waals surface area contributed by atoms with Crippen molar-refractivity contribution in [2.75, 3.05) is 14.2 Å². The molecule has 0 spiro atoms. The lowest BCUT2D eigenvalue weighted by Crippen LogP contribution is -2.20. The maximum absolute atomic E-state index is 11.0. The fraction of sp³-hybridized carbons (Fsp3) is 0.562. The molecule has 0 amide bonds. The Balaban J connectivity index is 2.28. The molecule has 1 aromatic rings. The van der Waals surface area contributed by atoms with Gasteiger partial charge in [-0.05, 0) is 42.4 Å². The molecule has 2 atom stereocenters. The summed E-state index contributed by atoms with van der Waals surface area (Å²) in [6.07, 6.45) is 4.53. The Hall–Kier alpha value is -1.71. The van der Waals surface area contributed by atoms with Crippen LogP contribution < -0.4 is 9.47 Å². The predicted octanol–water partition coefficient (Wildman–Crippen LogP) is 3.45. The van der Waals surface area contributed by atoms with Gasteiger partial charge in [-0.1, -0.05) is 12.8 Å². The van der Waals surface area contributed by atoms with Crippen LogP contribution in [-0.2, 0) is 4.79 Å². The average Bonchev–Trinajstić information content (AvgIpc) is 2.46. The molecule has 0 radical (unpaired) electrons. The van der Waals surface area contributed by atoms with Crippen molar-refractivity contribution in [3.63, 3.8) is 0 Å². The maximum atomic E-state index is 11.0. The fourth-order valence-electron chi connectivity index (χ4n) is 3.16. The smallest absolute Gasteiger partial charge is 0.303 e. The number of aliphatic carboxylic acids is 1. The highest BCUT2D eigenvalue weighted by molar-refractivity contribution is 5.67. The van der Waals surface area contributed by atoms with Gasteiger partial charge in [0.05, 0.1) is 14.2 Å². The summed E-state index contributed by atoms with van der Waals surface area (Å²) in [5, 5.41) is 9.08. The summed E-state index contributed by atoms with van der Waals surface area (Å²) < 4.78 is 10.6. The number of hydrogen-bond donors (Lipinski definition) is 1. The van der Waals surface area contributed by atoms with Gasteiger partial charge in [-0.25, -0.2) is 0 Å². The van der Waals surface area contributed by atoms with Crippen LogP contribution in [0.15, 0.2) is 18.2 Å². The number of carboxylic acids is 1. The zero-order valence-electron chi connectivity index (χ0n) is 12.1. The monoisotopic (exact) mass is 278 g/mol. The molecule has 4 nitrogen and oxygen atoms in total. The first-order valence-electron chi connectivity index (χ1n) is 7.08. The molecule has 110 valence electrons. The Morgan fingerprint density at radius 2 is 1.75 bits per heavy atom. The van der Waals surface area contributed by atoms with E-state index in [-0.39, 0.29) is 18.3 Å². The van der Waals surface area contributed by atoms with Crippen molar-refractivity contribution >= 4 is 5.97 Å². The van der Waals surface area contributed by atoms with Crippen LogP contribution in [0.1, 0.15) is 43.6 Å². The Kier molecular flexibility index (Phi) is 4.88. The SMILES string of the molecule is COc1cc(OC)cc([C@@H]2CCCC[C@H]2CC(=O)O)c1. The van der Waals surface area contributed by atoms with Gasteiger partial charge in [0, 0.05) is 12.5 Å². The van der Waals surface area contributed by atoms with Gasteiger partial charge in [0.15, 0.2) is 0 Å². The minimum absolute atomic E-state index is 0.207. The standard InChI is InChI=1S/C16H22O4/c1-19-13-7-12(8-14(10-13)20-2)15-6-4-3-5-11(15)9-16(17)18/h7-8,10-11,15H,3-6,9H2,1-2H3,(H,17,18)/t11-,15+/m0/s1. The largest absolute Gasteiger partial charge is 0.497 e. The highest BCUT2D eigenvalue weighted by Crippen LogP contribution is 2.41. The first-order valence-corrected chi connectivity index (χ1v) is 7.08. The predicted molar refractivity (Wildman–Crippen MR) is 76.5 cm³/mol. The van der Waals surface area contributed by atoms with Crippen molar-refractivity contribution in [1.29, 1.82) is 0 Å². The molecular formula is C16H22O4. The van der Waals surface area contributed by atoms with Crippen LogP contribution in [0.4, 0.5) is 0 Å². The number of benzene rings is 1. The molecule has 0 bridgehead atoms. The molecule has 1 fully saturated rings. The first kappa shape index (κ1) is 14.7. The summed E-state index contributed by atoms with van der Waals surface area (Å²) in [6.45, 7) is 0. The molecule has 0 saturated heterocycles. The fourth-order valence-corrected chi connectivity index (χ4v) is 3.16. The van der Waals surface area contributed by atoms with Crippen molar-refractivity contribution in [1.82, 2.24) is 0 Å². The molecule has 2 rings (SSSR count). The molecule has 1 aromatic carbocycles. The zero-order valence-corrected chi connectivity index (χ0v) is 12.1. The molecule has 0 aliphatic heterocycles. The van der Waals surface area contributed by atoms with Gasteiger partial charge in [0.2, 0.25) is 0 Å². The summed E-state index contributed by atoms with van der Waals surface area (Å²) in [4.78, 5) is 11.0. The van der Waals surface area contributed by atoms with Gasteiger partial charge in [0.1, 0.15) is 11.5 Å². The van der Waals surface area contributed by atoms with Gasteiger partial charge in [-0.2, -0.15) is 0 Å². The lowest BCUT2D eigenvalue weighted by Gasteiger charge is -2.31. The van der Waals surface area contributed by atoms with Gasteiger partial charge < -0.3 is 14.6 Å². The number of hydrogen-bond acceptors (Lipinski definition) is 3. The number of rotatable bonds is 5. The van der Waals surface area contributed by atoms with Crippen LogP contribution in [0, 0.1) is 5.92 Å². The summed E-state index contributed by atoms with van der Waals surface area (Å²) in [5.74, 6) is 1.30. The molecule has 4 heteroatoms. The third-order valence-electron chi connectivity index (χ3n) is 4.15.